The second-order valence-corrected chi connectivity index (χ2v) is 8.78. The molecule has 0 saturated heterocycles. The average molecular weight is 465 g/mol. The summed E-state index contributed by atoms with van der Waals surface area (Å²) < 4.78 is 9.98. The summed E-state index contributed by atoms with van der Waals surface area (Å²) in [4.78, 5) is 11.6. The molecule has 0 fully saturated rings. The van der Waals surface area contributed by atoms with Gasteiger partial charge in [0.2, 0.25) is 0 Å². The van der Waals surface area contributed by atoms with E-state index in [4.69, 9.17) is 9.47 Å². The third kappa shape index (κ3) is 4.22. The molecule has 0 aliphatic heterocycles. The van der Waals surface area contributed by atoms with Crippen LogP contribution in [-0.2, 0) is 11.2 Å². The summed E-state index contributed by atoms with van der Waals surface area (Å²) >= 11 is 0. The van der Waals surface area contributed by atoms with Gasteiger partial charge in [-0.2, -0.15) is 0 Å². The predicted octanol–water partition coefficient (Wildman–Crippen LogP) is 7.00. The maximum absolute atomic E-state index is 11.6. The number of aryl methyl sites for hydroxylation is 1. The highest BCUT2D eigenvalue weighted by atomic mass is 16.5. The second kappa shape index (κ2) is 9.77. The first-order chi connectivity index (χ1) is 17.1. The predicted molar refractivity (Wildman–Crippen MR) is 141 cm³/mol. The maximum Gasteiger partial charge on any atom is 0.338 e. The number of carbonyl (C=O) groups excluding carboxylic acids is 1. The Morgan fingerprint density at radius 1 is 0.771 bits per heavy atom. The topological polar surface area (TPSA) is 55.8 Å². The summed E-state index contributed by atoms with van der Waals surface area (Å²) in [7, 11) is 2.99. The van der Waals surface area contributed by atoms with Gasteiger partial charge in [-0.05, 0) is 69.5 Å². The van der Waals surface area contributed by atoms with Crippen molar-refractivity contribution in [3.8, 4) is 5.75 Å². The molecule has 1 N–H and O–H groups in total. The van der Waals surface area contributed by atoms with Crippen LogP contribution in [0.3, 0.4) is 0 Å². The molecule has 0 bridgehead atoms. The van der Waals surface area contributed by atoms with E-state index in [1.54, 1.807) is 13.2 Å². The molecule has 1 atom stereocenters. The standard InChI is InChI=1S/C18H16O.C13H12O3/c19-18-7-3-6-14-16-9-8-12-4-1-2-5-13(12)15(16)10-11-17(14)18;1-15-12-8-4-5-9-10(12)6-3-7-11(9)13(14)16-2/h1-2,4-5,8-11,18-19H,3,6-7H2;3-8H,1-2H3. The van der Waals surface area contributed by atoms with E-state index in [9.17, 15) is 9.90 Å². The van der Waals surface area contributed by atoms with Crippen molar-refractivity contribution in [2.75, 3.05) is 14.2 Å². The summed E-state index contributed by atoms with van der Waals surface area (Å²) in [5, 5.41) is 17.1. The molecular weight excluding hydrogens is 436 g/mol. The van der Waals surface area contributed by atoms with E-state index in [1.165, 1.54) is 34.2 Å². The molecule has 0 saturated carbocycles. The van der Waals surface area contributed by atoms with Crippen molar-refractivity contribution < 1.29 is 19.4 Å². The third-order valence-electron chi connectivity index (χ3n) is 6.84. The van der Waals surface area contributed by atoms with Crippen molar-refractivity contribution in [2.45, 2.75) is 25.4 Å². The molecular formula is C31H28O4. The van der Waals surface area contributed by atoms with E-state index < -0.39 is 0 Å². The Kier molecular flexibility index (Phi) is 6.39. The van der Waals surface area contributed by atoms with Gasteiger partial charge in [0.1, 0.15) is 5.75 Å². The van der Waals surface area contributed by atoms with E-state index >= 15 is 0 Å². The van der Waals surface area contributed by atoms with Crippen LogP contribution in [0.1, 0.15) is 40.4 Å². The molecule has 1 unspecified atom stereocenters. The molecule has 0 amide bonds. The van der Waals surface area contributed by atoms with Crippen LogP contribution in [0.5, 0.6) is 5.75 Å². The molecule has 4 heteroatoms. The lowest BCUT2D eigenvalue weighted by atomic mass is 9.85. The molecule has 35 heavy (non-hydrogen) atoms. The molecule has 1 aliphatic rings. The minimum Gasteiger partial charge on any atom is -0.496 e. The zero-order chi connectivity index (χ0) is 24.4. The minimum atomic E-state index is -0.334. The summed E-state index contributed by atoms with van der Waals surface area (Å²) in [5.74, 6) is 0.419. The Morgan fingerprint density at radius 2 is 1.51 bits per heavy atom. The van der Waals surface area contributed by atoms with E-state index in [0.29, 0.717) is 5.56 Å². The van der Waals surface area contributed by atoms with Gasteiger partial charge in [-0.3, -0.25) is 0 Å². The fourth-order valence-electron chi connectivity index (χ4n) is 5.13. The van der Waals surface area contributed by atoms with Gasteiger partial charge in [0, 0.05) is 5.39 Å². The van der Waals surface area contributed by atoms with Crippen LogP contribution in [0, 0.1) is 0 Å². The first kappa shape index (κ1) is 22.9. The number of esters is 1. The van der Waals surface area contributed by atoms with E-state index in [-0.39, 0.29) is 12.1 Å². The monoisotopic (exact) mass is 464 g/mol. The molecule has 0 heterocycles. The SMILES string of the molecule is COC(=O)c1cccc2c(OC)cccc12.OC1CCCc2c1ccc1c2ccc2ccccc21. The first-order valence-corrected chi connectivity index (χ1v) is 11.9. The Bertz CT molecular complexity index is 1540. The smallest absolute Gasteiger partial charge is 0.338 e. The maximum atomic E-state index is 11.6. The van der Waals surface area contributed by atoms with Crippen LogP contribution in [0.4, 0.5) is 0 Å². The van der Waals surface area contributed by atoms with Crippen LogP contribution < -0.4 is 4.74 Å². The van der Waals surface area contributed by atoms with Gasteiger partial charge in [0.25, 0.3) is 0 Å². The highest BCUT2D eigenvalue weighted by molar-refractivity contribution is 6.09. The number of hydrogen-bond acceptors (Lipinski definition) is 4. The Morgan fingerprint density at radius 3 is 2.34 bits per heavy atom. The Balaban J connectivity index is 0.000000148. The average Bonchev–Trinajstić information content (AvgIpc) is 2.92. The van der Waals surface area contributed by atoms with Gasteiger partial charge in [0.15, 0.2) is 0 Å². The van der Waals surface area contributed by atoms with Gasteiger partial charge < -0.3 is 14.6 Å². The molecule has 0 spiro atoms. The van der Waals surface area contributed by atoms with Crippen molar-refractivity contribution >= 4 is 38.3 Å². The van der Waals surface area contributed by atoms with Crippen molar-refractivity contribution in [1.29, 1.82) is 0 Å². The highest BCUT2D eigenvalue weighted by Gasteiger charge is 2.20. The minimum absolute atomic E-state index is 0.278. The molecule has 1 aliphatic carbocycles. The second-order valence-electron chi connectivity index (χ2n) is 8.78. The van der Waals surface area contributed by atoms with Crippen molar-refractivity contribution in [3.63, 3.8) is 0 Å². The van der Waals surface area contributed by atoms with Gasteiger partial charge >= 0.3 is 5.97 Å². The fourth-order valence-corrected chi connectivity index (χ4v) is 5.13. The number of aliphatic hydroxyl groups is 1. The lowest BCUT2D eigenvalue weighted by Crippen LogP contribution is -2.09. The Hall–Kier alpha value is -3.89. The van der Waals surface area contributed by atoms with Gasteiger partial charge in [-0.15, -0.1) is 0 Å². The van der Waals surface area contributed by atoms with Crippen molar-refractivity contribution in [2.24, 2.45) is 0 Å². The van der Waals surface area contributed by atoms with Gasteiger partial charge in [0.05, 0.1) is 25.9 Å². The van der Waals surface area contributed by atoms with E-state index in [0.717, 1.165) is 41.3 Å². The van der Waals surface area contributed by atoms with Crippen LogP contribution in [-0.4, -0.2) is 25.3 Å². The van der Waals surface area contributed by atoms with Gasteiger partial charge in [-0.25, -0.2) is 4.79 Å². The quantitative estimate of drug-likeness (QED) is 0.226. The summed E-state index contributed by atoms with van der Waals surface area (Å²) in [6.07, 6.45) is 2.79. The molecule has 4 nitrogen and oxygen atoms in total. The molecule has 0 aromatic heterocycles. The van der Waals surface area contributed by atoms with Crippen LogP contribution >= 0.6 is 0 Å². The van der Waals surface area contributed by atoms with Gasteiger partial charge in [-0.1, -0.05) is 72.8 Å². The highest BCUT2D eigenvalue weighted by Crippen LogP contribution is 2.37. The number of carbonyl (C=O) groups is 1. The zero-order valence-corrected chi connectivity index (χ0v) is 20.0. The lowest BCUT2D eigenvalue weighted by Gasteiger charge is -2.23. The number of fused-ring (bicyclic) bond motifs is 6. The van der Waals surface area contributed by atoms with Crippen molar-refractivity contribution in [3.05, 3.63) is 102 Å². The lowest BCUT2D eigenvalue weighted by molar-refractivity contribution is 0.0603. The number of aliphatic hydroxyl groups excluding tert-OH is 1. The van der Waals surface area contributed by atoms with Crippen LogP contribution in [0.25, 0.3) is 32.3 Å². The van der Waals surface area contributed by atoms with E-state index in [1.807, 2.05) is 30.3 Å². The number of methoxy groups -OCH3 is 2. The summed E-state index contributed by atoms with van der Waals surface area (Å²) in [6.45, 7) is 0. The number of rotatable bonds is 2. The van der Waals surface area contributed by atoms with Crippen LogP contribution in [0.2, 0.25) is 0 Å². The largest absolute Gasteiger partial charge is 0.496 e. The van der Waals surface area contributed by atoms with Crippen LogP contribution in [0.15, 0.2) is 84.9 Å². The molecule has 5 aromatic rings. The van der Waals surface area contributed by atoms with E-state index in [2.05, 4.69) is 48.5 Å². The van der Waals surface area contributed by atoms with Crippen molar-refractivity contribution in [1.82, 2.24) is 0 Å². The fraction of sp³-hybridized carbons (Fsp3) is 0.194. The molecule has 5 aromatic carbocycles. The molecule has 6 rings (SSSR count). The third-order valence-corrected chi connectivity index (χ3v) is 6.84. The summed E-state index contributed by atoms with van der Waals surface area (Å²) in [6, 6.07) is 28.3. The Labute approximate surface area is 204 Å². The summed E-state index contributed by atoms with van der Waals surface area (Å²) in [5.41, 5.74) is 3.04. The molecule has 0 radical (unpaired) electrons. The molecule has 176 valence electrons. The normalized spacial score (nSPS) is 14.8. The zero-order valence-electron chi connectivity index (χ0n) is 20.0. The number of benzene rings is 5. The number of ether oxygens (including phenoxy) is 2. The first-order valence-electron chi connectivity index (χ1n) is 11.9. The number of hydrogen-bond donors (Lipinski definition) is 1.